The van der Waals surface area contributed by atoms with E-state index in [1.165, 1.54) is 22.3 Å². The number of rotatable bonds is 10. The van der Waals surface area contributed by atoms with Crippen LogP contribution >= 0.6 is 11.3 Å². The van der Waals surface area contributed by atoms with Crippen molar-refractivity contribution in [2.24, 2.45) is 0 Å². The predicted octanol–water partition coefficient (Wildman–Crippen LogP) is 3.20. The van der Waals surface area contributed by atoms with Crippen LogP contribution in [0.2, 0.25) is 0 Å². The van der Waals surface area contributed by atoms with Crippen molar-refractivity contribution < 1.29 is 0 Å². The highest BCUT2D eigenvalue weighted by Gasteiger charge is 2.22. The molecular formula is C23H29N3O2S. The number of thiophene rings is 1. The van der Waals surface area contributed by atoms with Crippen molar-refractivity contribution in [2.45, 2.75) is 32.7 Å². The quantitative estimate of drug-likeness (QED) is 0.502. The van der Waals surface area contributed by atoms with Crippen LogP contribution in [0.5, 0.6) is 0 Å². The zero-order chi connectivity index (χ0) is 21.0. The van der Waals surface area contributed by atoms with Crippen molar-refractivity contribution in [1.82, 2.24) is 4.90 Å². The van der Waals surface area contributed by atoms with Crippen LogP contribution in [0.1, 0.15) is 22.3 Å². The summed E-state index contributed by atoms with van der Waals surface area (Å²) in [6.07, 6.45) is 1.71. The number of nitrogens with one attached hydrogen (secondary N) is 2. The molecule has 2 aromatic carbocycles. The summed E-state index contributed by atoms with van der Waals surface area (Å²) < 4.78 is 0. The third-order valence-corrected chi connectivity index (χ3v) is 6.27. The van der Waals surface area contributed by atoms with E-state index in [1.807, 2.05) is 19.5 Å². The summed E-state index contributed by atoms with van der Waals surface area (Å²) in [5.74, 6) is 0. The molecule has 0 amide bonds. The van der Waals surface area contributed by atoms with Gasteiger partial charge in [-0.2, -0.15) is 11.3 Å². The first kappa shape index (κ1) is 21.3. The summed E-state index contributed by atoms with van der Waals surface area (Å²) in [4.78, 5) is 26.3. The molecule has 0 radical (unpaired) electrons. The lowest BCUT2D eigenvalue weighted by atomic mass is 9.96. The van der Waals surface area contributed by atoms with Gasteiger partial charge >= 0.3 is 0 Å². The molecule has 6 heteroatoms. The molecule has 3 aromatic rings. The SMILES string of the molecule is Cc1cccc(C)c1C[C@@H](CNc1c(NCCc2ccsc2)c(=O)c1=O)N(C)C. The van der Waals surface area contributed by atoms with Gasteiger partial charge in [0.05, 0.1) is 0 Å². The monoisotopic (exact) mass is 411 g/mol. The topological polar surface area (TPSA) is 61.4 Å². The molecule has 2 N–H and O–H groups in total. The summed E-state index contributed by atoms with van der Waals surface area (Å²) >= 11 is 1.66. The summed E-state index contributed by atoms with van der Waals surface area (Å²) in [5, 5.41) is 10.5. The minimum Gasteiger partial charge on any atom is -0.380 e. The predicted molar refractivity (Wildman–Crippen MR) is 123 cm³/mol. The van der Waals surface area contributed by atoms with E-state index in [-0.39, 0.29) is 6.04 Å². The molecule has 0 aliphatic rings. The number of aryl methyl sites for hydroxylation is 2. The summed E-state index contributed by atoms with van der Waals surface area (Å²) in [7, 11) is 4.09. The highest BCUT2D eigenvalue weighted by molar-refractivity contribution is 7.07. The smallest absolute Gasteiger partial charge is 0.253 e. The Balaban J connectivity index is 1.63. The minimum atomic E-state index is -0.424. The second kappa shape index (κ2) is 9.37. The number of nitrogens with zero attached hydrogens (tertiary/aromatic N) is 1. The van der Waals surface area contributed by atoms with Crippen LogP contribution in [-0.4, -0.2) is 38.1 Å². The Bertz CT molecular complexity index is 997. The molecule has 29 heavy (non-hydrogen) atoms. The zero-order valence-electron chi connectivity index (χ0n) is 17.5. The van der Waals surface area contributed by atoms with Gasteiger partial charge in [-0.05, 0) is 79.9 Å². The molecule has 0 bridgehead atoms. The van der Waals surface area contributed by atoms with Crippen LogP contribution in [0.15, 0.2) is 44.6 Å². The van der Waals surface area contributed by atoms with Gasteiger partial charge in [0, 0.05) is 19.1 Å². The van der Waals surface area contributed by atoms with E-state index < -0.39 is 10.9 Å². The van der Waals surface area contributed by atoms with Gasteiger partial charge in [0.2, 0.25) is 0 Å². The maximum Gasteiger partial charge on any atom is 0.253 e. The number of likely N-dealkylation sites (N-methyl/N-ethyl adjacent to an activating group) is 1. The normalized spacial score (nSPS) is 12.4. The molecule has 154 valence electrons. The molecule has 0 spiro atoms. The largest absolute Gasteiger partial charge is 0.380 e. The Morgan fingerprint density at radius 2 is 1.66 bits per heavy atom. The number of anilines is 2. The fourth-order valence-corrected chi connectivity index (χ4v) is 4.26. The van der Waals surface area contributed by atoms with Crippen LogP contribution < -0.4 is 21.5 Å². The Hall–Kier alpha value is -2.44. The summed E-state index contributed by atoms with van der Waals surface area (Å²) in [6.45, 7) is 5.50. The lowest BCUT2D eigenvalue weighted by Gasteiger charge is -2.27. The third kappa shape index (κ3) is 4.95. The zero-order valence-corrected chi connectivity index (χ0v) is 18.4. The molecule has 0 aliphatic heterocycles. The molecule has 0 saturated heterocycles. The van der Waals surface area contributed by atoms with Gasteiger partial charge < -0.3 is 15.5 Å². The van der Waals surface area contributed by atoms with Gasteiger partial charge in [0.1, 0.15) is 11.4 Å². The highest BCUT2D eigenvalue weighted by Crippen LogP contribution is 2.19. The van der Waals surface area contributed by atoms with Crippen molar-refractivity contribution >= 4 is 22.7 Å². The maximum absolute atomic E-state index is 12.1. The van der Waals surface area contributed by atoms with Crippen molar-refractivity contribution in [1.29, 1.82) is 0 Å². The Labute approximate surface area is 176 Å². The van der Waals surface area contributed by atoms with Gasteiger partial charge in [-0.1, -0.05) is 18.2 Å². The molecule has 1 atom stereocenters. The van der Waals surface area contributed by atoms with E-state index in [1.54, 1.807) is 11.3 Å². The van der Waals surface area contributed by atoms with Gasteiger partial charge in [-0.25, -0.2) is 0 Å². The van der Waals surface area contributed by atoms with Gasteiger partial charge in [0.15, 0.2) is 0 Å². The van der Waals surface area contributed by atoms with Crippen molar-refractivity contribution in [3.8, 4) is 0 Å². The van der Waals surface area contributed by atoms with E-state index in [2.05, 4.69) is 59.0 Å². The third-order valence-electron chi connectivity index (χ3n) is 5.53. The van der Waals surface area contributed by atoms with E-state index >= 15 is 0 Å². The molecule has 3 rings (SSSR count). The van der Waals surface area contributed by atoms with Gasteiger partial charge in [-0.15, -0.1) is 0 Å². The lowest BCUT2D eigenvalue weighted by molar-refractivity contribution is 0.303. The van der Waals surface area contributed by atoms with Crippen LogP contribution in [0, 0.1) is 13.8 Å². The molecule has 0 unspecified atom stereocenters. The first-order valence-corrected chi connectivity index (χ1v) is 10.9. The van der Waals surface area contributed by atoms with E-state index in [0.717, 1.165) is 12.8 Å². The fraction of sp³-hybridized carbons (Fsp3) is 0.391. The van der Waals surface area contributed by atoms with Crippen molar-refractivity contribution in [2.75, 3.05) is 37.8 Å². The average Bonchev–Trinajstić information content (AvgIpc) is 3.20. The van der Waals surface area contributed by atoms with E-state index in [0.29, 0.717) is 24.5 Å². The minimum absolute atomic E-state index is 0.206. The summed E-state index contributed by atoms with van der Waals surface area (Å²) in [5.41, 5.74) is 5.14. The molecule has 0 saturated carbocycles. The van der Waals surface area contributed by atoms with Gasteiger partial charge in [0.25, 0.3) is 10.9 Å². The van der Waals surface area contributed by atoms with Gasteiger partial charge in [-0.3, -0.25) is 9.59 Å². The molecule has 1 heterocycles. The Kier molecular flexibility index (Phi) is 6.87. The maximum atomic E-state index is 12.1. The Morgan fingerprint density at radius 3 is 2.24 bits per heavy atom. The molecule has 5 nitrogen and oxygen atoms in total. The standard InChI is InChI=1S/C23H29N3O2S/c1-15-6-5-7-16(2)19(15)12-18(26(3)4)13-25-21-20(22(27)23(21)28)24-10-8-17-9-11-29-14-17/h5-7,9,11,14,18,24-25H,8,10,12-13H2,1-4H3/t18-/m0/s1. The molecule has 0 fully saturated rings. The van der Waals surface area contributed by atoms with E-state index in [4.69, 9.17) is 0 Å². The number of benzene rings is 1. The van der Waals surface area contributed by atoms with Crippen LogP contribution in [0.4, 0.5) is 11.4 Å². The van der Waals surface area contributed by atoms with Crippen LogP contribution in [0.25, 0.3) is 0 Å². The second-order valence-electron chi connectivity index (χ2n) is 7.79. The molecular weight excluding hydrogens is 382 g/mol. The van der Waals surface area contributed by atoms with Crippen LogP contribution in [0.3, 0.4) is 0 Å². The first-order chi connectivity index (χ1) is 13.9. The average molecular weight is 412 g/mol. The Morgan fingerprint density at radius 1 is 1.00 bits per heavy atom. The molecule has 0 aliphatic carbocycles. The molecule has 1 aromatic heterocycles. The number of hydrogen-bond acceptors (Lipinski definition) is 6. The second-order valence-corrected chi connectivity index (χ2v) is 8.57. The van der Waals surface area contributed by atoms with Crippen LogP contribution in [-0.2, 0) is 12.8 Å². The van der Waals surface area contributed by atoms with E-state index in [9.17, 15) is 9.59 Å². The fourth-order valence-electron chi connectivity index (χ4n) is 3.56. The summed E-state index contributed by atoms with van der Waals surface area (Å²) in [6, 6.07) is 8.62. The first-order valence-electron chi connectivity index (χ1n) is 9.92. The highest BCUT2D eigenvalue weighted by atomic mass is 32.1. The lowest BCUT2D eigenvalue weighted by Crippen LogP contribution is -2.42. The number of hydrogen-bond donors (Lipinski definition) is 2. The van der Waals surface area contributed by atoms with Crippen molar-refractivity contribution in [3.63, 3.8) is 0 Å². The van der Waals surface area contributed by atoms with Crippen molar-refractivity contribution in [3.05, 3.63) is 77.7 Å².